The second-order valence-electron chi connectivity index (χ2n) is 5.11. The number of aryl methyl sites for hydroxylation is 1. The van der Waals surface area contributed by atoms with E-state index in [2.05, 4.69) is 5.32 Å². The molecule has 5 heteroatoms. The van der Waals surface area contributed by atoms with Crippen molar-refractivity contribution in [1.82, 2.24) is 5.32 Å². The first-order valence-electron chi connectivity index (χ1n) is 6.51. The third kappa shape index (κ3) is 2.56. The van der Waals surface area contributed by atoms with E-state index in [0.29, 0.717) is 18.7 Å². The average Bonchev–Trinajstić information content (AvgIpc) is 2.35. The highest BCUT2D eigenvalue weighted by molar-refractivity contribution is 5.86. The molecule has 0 saturated carbocycles. The fourth-order valence-corrected chi connectivity index (χ4v) is 2.41. The monoisotopic (exact) mass is 265 g/mol. The Morgan fingerprint density at radius 2 is 2.21 bits per heavy atom. The van der Waals surface area contributed by atoms with Gasteiger partial charge < -0.3 is 16.0 Å². The number of hydrogen-bond donors (Lipinski definition) is 2. The minimum atomic E-state index is -0.276. The molecular weight excluding hydrogens is 245 g/mol. The van der Waals surface area contributed by atoms with Gasteiger partial charge in [-0.25, -0.2) is 4.39 Å². The van der Waals surface area contributed by atoms with Crippen LogP contribution in [-0.4, -0.2) is 25.0 Å². The van der Waals surface area contributed by atoms with Crippen molar-refractivity contribution in [2.24, 2.45) is 5.73 Å². The van der Waals surface area contributed by atoms with E-state index in [1.807, 2.05) is 18.7 Å². The van der Waals surface area contributed by atoms with Crippen molar-refractivity contribution < 1.29 is 9.18 Å². The first kappa shape index (κ1) is 13.8. The molecule has 0 radical (unpaired) electrons. The topological polar surface area (TPSA) is 58.4 Å². The molecule has 3 N–H and O–H groups in total. The number of carbonyl (C=O) groups excluding carboxylic acids is 1. The van der Waals surface area contributed by atoms with Crippen molar-refractivity contribution in [2.45, 2.75) is 32.9 Å². The number of piperazine rings is 1. The number of nitrogens with zero attached hydrogens (tertiary/aromatic N) is 1. The molecule has 0 aliphatic carbocycles. The zero-order valence-electron chi connectivity index (χ0n) is 11.5. The predicted octanol–water partition coefficient (Wildman–Crippen LogP) is 1.48. The largest absolute Gasteiger partial charge is 0.358 e. The summed E-state index contributed by atoms with van der Waals surface area (Å²) in [6.07, 6.45) is 0. The number of anilines is 1. The molecule has 104 valence electrons. The molecule has 1 heterocycles. The van der Waals surface area contributed by atoms with E-state index in [1.165, 1.54) is 6.07 Å². The van der Waals surface area contributed by atoms with Crippen LogP contribution >= 0.6 is 0 Å². The zero-order valence-corrected chi connectivity index (χ0v) is 11.5. The van der Waals surface area contributed by atoms with Crippen LogP contribution in [-0.2, 0) is 4.79 Å². The Kier molecular flexibility index (Phi) is 3.75. The van der Waals surface area contributed by atoms with Crippen molar-refractivity contribution in [3.8, 4) is 0 Å². The highest BCUT2D eigenvalue weighted by Crippen LogP contribution is 2.30. The van der Waals surface area contributed by atoms with Crippen molar-refractivity contribution in [3.63, 3.8) is 0 Å². The van der Waals surface area contributed by atoms with Gasteiger partial charge in [0.05, 0.1) is 0 Å². The van der Waals surface area contributed by atoms with Gasteiger partial charge >= 0.3 is 0 Å². The van der Waals surface area contributed by atoms with E-state index < -0.39 is 0 Å². The van der Waals surface area contributed by atoms with E-state index in [9.17, 15) is 9.18 Å². The minimum absolute atomic E-state index is 0.0103. The Bertz CT molecular complexity index is 502. The van der Waals surface area contributed by atoms with Crippen LogP contribution in [0.4, 0.5) is 10.1 Å². The molecule has 0 bridgehead atoms. The van der Waals surface area contributed by atoms with Crippen LogP contribution in [0.15, 0.2) is 12.1 Å². The van der Waals surface area contributed by atoms with Gasteiger partial charge in [-0.15, -0.1) is 0 Å². The number of carbonyl (C=O) groups is 1. The van der Waals surface area contributed by atoms with E-state index in [0.717, 1.165) is 11.3 Å². The summed E-state index contributed by atoms with van der Waals surface area (Å²) in [6.45, 7) is 6.69. The Hall–Kier alpha value is -1.62. The van der Waals surface area contributed by atoms with Crippen LogP contribution in [0, 0.1) is 12.7 Å². The van der Waals surface area contributed by atoms with Crippen molar-refractivity contribution in [2.75, 3.05) is 18.0 Å². The Labute approximate surface area is 112 Å². The van der Waals surface area contributed by atoms with Gasteiger partial charge in [-0.2, -0.15) is 0 Å². The number of nitrogens with two attached hydrogens (primary N) is 1. The van der Waals surface area contributed by atoms with Crippen LogP contribution in [0.5, 0.6) is 0 Å². The second-order valence-corrected chi connectivity index (χ2v) is 5.11. The van der Waals surface area contributed by atoms with Gasteiger partial charge in [0.2, 0.25) is 5.91 Å². The van der Waals surface area contributed by atoms with E-state index in [4.69, 9.17) is 5.73 Å². The van der Waals surface area contributed by atoms with Gasteiger partial charge in [0, 0.05) is 24.8 Å². The first-order chi connectivity index (χ1) is 8.91. The maximum atomic E-state index is 13.7. The van der Waals surface area contributed by atoms with Gasteiger partial charge in [0.1, 0.15) is 11.9 Å². The normalized spacial score (nSPS) is 21.2. The van der Waals surface area contributed by atoms with Crippen molar-refractivity contribution >= 4 is 11.6 Å². The molecule has 1 aromatic rings. The number of rotatable bonds is 2. The summed E-state index contributed by atoms with van der Waals surface area (Å²) in [7, 11) is 0. The maximum absolute atomic E-state index is 13.7. The highest BCUT2D eigenvalue weighted by Gasteiger charge is 2.28. The summed E-state index contributed by atoms with van der Waals surface area (Å²) in [5.74, 6) is -0.269. The van der Waals surface area contributed by atoms with E-state index in [1.54, 1.807) is 13.0 Å². The first-order valence-corrected chi connectivity index (χ1v) is 6.51. The van der Waals surface area contributed by atoms with Crippen LogP contribution in [0.3, 0.4) is 0 Å². The average molecular weight is 265 g/mol. The molecule has 1 aliphatic heterocycles. The zero-order chi connectivity index (χ0) is 14.2. The summed E-state index contributed by atoms with van der Waals surface area (Å²) in [5, 5.41) is 2.82. The van der Waals surface area contributed by atoms with Crippen LogP contribution in [0.25, 0.3) is 0 Å². The van der Waals surface area contributed by atoms with Crippen LogP contribution in [0.2, 0.25) is 0 Å². The van der Waals surface area contributed by atoms with Gasteiger partial charge in [-0.1, -0.05) is 0 Å². The number of halogens is 1. The highest BCUT2D eigenvalue weighted by atomic mass is 19.1. The molecule has 2 atom stereocenters. The Morgan fingerprint density at radius 3 is 2.84 bits per heavy atom. The summed E-state index contributed by atoms with van der Waals surface area (Å²) in [5.41, 5.74) is 8.09. The molecule has 1 saturated heterocycles. The number of benzene rings is 1. The van der Waals surface area contributed by atoms with Gasteiger partial charge in [-0.05, 0) is 44.0 Å². The Morgan fingerprint density at radius 1 is 1.53 bits per heavy atom. The molecule has 2 rings (SSSR count). The second kappa shape index (κ2) is 5.17. The lowest BCUT2D eigenvalue weighted by Crippen LogP contribution is -2.54. The Balaban J connectivity index is 2.48. The standard InChI is InChI=1S/C14H20FN3O/c1-8-6-13(11(9(2)16)7-12(8)15)18-5-4-17-14(19)10(18)3/h6-7,9-10H,4-5,16H2,1-3H3,(H,17,19). The summed E-state index contributed by atoms with van der Waals surface area (Å²) in [4.78, 5) is 13.7. The smallest absolute Gasteiger partial charge is 0.242 e. The molecule has 1 amide bonds. The molecule has 1 aliphatic rings. The molecule has 0 spiro atoms. The minimum Gasteiger partial charge on any atom is -0.358 e. The maximum Gasteiger partial charge on any atom is 0.242 e. The molecule has 4 nitrogen and oxygen atoms in total. The molecule has 0 aromatic heterocycles. The lowest BCUT2D eigenvalue weighted by atomic mass is 10.0. The van der Waals surface area contributed by atoms with E-state index >= 15 is 0 Å². The molecule has 19 heavy (non-hydrogen) atoms. The summed E-state index contributed by atoms with van der Waals surface area (Å²) in [6, 6.07) is 2.72. The predicted molar refractivity (Wildman–Crippen MR) is 73.6 cm³/mol. The van der Waals surface area contributed by atoms with Crippen molar-refractivity contribution in [1.29, 1.82) is 0 Å². The summed E-state index contributed by atoms with van der Waals surface area (Å²) < 4.78 is 13.7. The summed E-state index contributed by atoms with van der Waals surface area (Å²) >= 11 is 0. The SMILES string of the molecule is Cc1cc(N2CCNC(=O)C2C)c(C(C)N)cc1F. The molecule has 1 aromatic carbocycles. The lowest BCUT2D eigenvalue weighted by molar-refractivity contribution is -0.122. The van der Waals surface area contributed by atoms with Crippen LogP contribution < -0.4 is 16.0 Å². The van der Waals surface area contributed by atoms with Gasteiger partial charge in [0.25, 0.3) is 0 Å². The molecule has 2 unspecified atom stereocenters. The van der Waals surface area contributed by atoms with E-state index in [-0.39, 0.29) is 23.8 Å². The number of amides is 1. The fraction of sp³-hybridized carbons (Fsp3) is 0.500. The fourth-order valence-electron chi connectivity index (χ4n) is 2.41. The lowest BCUT2D eigenvalue weighted by Gasteiger charge is -2.36. The third-order valence-corrected chi connectivity index (χ3v) is 3.61. The van der Waals surface area contributed by atoms with Crippen molar-refractivity contribution in [3.05, 3.63) is 29.1 Å². The quantitative estimate of drug-likeness (QED) is 0.851. The molecular formula is C14H20FN3O. The number of nitrogens with one attached hydrogen (secondary N) is 1. The van der Waals surface area contributed by atoms with Gasteiger partial charge in [0.15, 0.2) is 0 Å². The molecule has 1 fully saturated rings. The van der Waals surface area contributed by atoms with Crippen LogP contribution in [0.1, 0.15) is 31.0 Å². The number of hydrogen-bond acceptors (Lipinski definition) is 3. The third-order valence-electron chi connectivity index (χ3n) is 3.61. The van der Waals surface area contributed by atoms with Gasteiger partial charge in [-0.3, -0.25) is 4.79 Å².